The number of hydrogen-bond acceptors (Lipinski definition) is 4. The molecule has 1 rings (SSSR count). The van der Waals surface area contributed by atoms with Crippen LogP contribution in [0.2, 0.25) is 0 Å². The number of isothiocyanates is 2. The van der Waals surface area contributed by atoms with Gasteiger partial charge in [0.1, 0.15) is 0 Å². The van der Waals surface area contributed by atoms with E-state index in [1.807, 2.05) is 0 Å². The van der Waals surface area contributed by atoms with Crippen molar-refractivity contribution >= 4 is 34.8 Å². The van der Waals surface area contributed by atoms with Crippen molar-refractivity contribution in [1.29, 1.82) is 10.8 Å². The van der Waals surface area contributed by atoms with Crippen molar-refractivity contribution < 1.29 is 0 Å². The molecule has 0 aliphatic rings. The van der Waals surface area contributed by atoms with Gasteiger partial charge in [-0.25, -0.2) is 10.8 Å². The largest absolute Gasteiger partial charge is 0.248 e. The van der Waals surface area contributed by atoms with E-state index in [4.69, 9.17) is 10.8 Å². The van der Waals surface area contributed by atoms with Crippen LogP contribution in [-0.4, -0.2) is 10.3 Å². The van der Waals surface area contributed by atoms with Crippen LogP contribution < -0.4 is 0 Å². The topological polar surface area (TPSA) is 47.7 Å². The van der Waals surface area contributed by atoms with Gasteiger partial charge in [0.2, 0.25) is 0 Å². The SMILES string of the molecule is CCC(CC)c1ccccc1.N=C=S.N=C=S. The lowest BCUT2D eigenvalue weighted by Gasteiger charge is -2.11. The lowest BCUT2D eigenvalue weighted by molar-refractivity contribution is 0.642. The van der Waals surface area contributed by atoms with E-state index in [0.29, 0.717) is 0 Å². The van der Waals surface area contributed by atoms with Crippen molar-refractivity contribution in [3.8, 4) is 0 Å². The summed E-state index contributed by atoms with van der Waals surface area (Å²) in [6.07, 6.45) is 2.50. The second kappa shape index (κ2) is 14.8. The molecule has 0 fully saturated rings. The van der Waals surface area contributed by atoms with E-state index in [1.54, 1.807) is 10.3 Å². The summed E-state index contributed by atoms with van der Waals surface area (Å²) in [6, 6.07) is 10.8. The monoisotopic (exact) mass is 266 g/mol. The van der Waals surface area contributed by atoms with E-state index in [2.05, 4.69) is 68.6 Å². The summed E-state index contributed by atoms with van der Waals surface area (Å²) >= 11 is 7.62. The Bertz CT molecular complexity index is 322. The van der Waals surface area contributed by atoms with Gasteiger partial charge in [-0.3, -0.25) is 0 Å². The second-order valence-corrected chi connectivity index (χ2v) is 3.54. The van der Waals surface area contributed by atoms with Crippen LogP contribution in [0.15, 0.2) is 30.3 Å². The van der Waals surface area contributed by atoms with Crippen molar-refractivity contribution in [2.24, 2.45) is 0 Å². The van der Waals surface area contributed by atoms with Crippen molar-refractivity contribution in [1.82, 2.24) is 0 Å². The highest BCUT2D eigenvalue weighted by Gasteiger charge is 2.03. The van der Waals surface area contributed by atoms with Crippen LogP contribution in [-0.2, 0) is 0 Å². The third kappa shape index (κ3) is 11.1. The molecule has 0 radical (unpaired) electrons. The zero-order valence-corrected chi connectivity index (χ0v) is 11.8. The molecule has 0 spiro atoms. The van der Waals surface area contributed by atoms with Crippen LogP contribution in [0.4, 0.5) is 0 Å². The molecule has 2 N–H and O–H groups in total. The summed E-state index contributed by atoms with van der Waals surface area (Å²) in [5.41, 5.74) is 1.48. The molecule has 0 amide bonds. The molecule has 92 valence electrons. The molecule has 4 heteroatoms. The Morgan fingerprint density at radius 1 is 1.00 bits per heavy atom. The average molecular weight is 266 g/mol. The van der Waals surface area contributed by atoms with Gasteiger partial charge in [0.15, 0.2) is 0 Å². The average Bonchev–Trinajstić information content (AvgIpc) is 2.34. The first-order valence-corrected chi connectivity index (χ1v) is 6.15. The molecule has 0 unspecified atom stereocenters. The highest BCUT2D eigenvalue weighted by molar-refractivity contribution is 7.78. The summed E-state index contributed by atoms with van der Waals surface area (Å²) in [5, 5.41) is 14.7. The molecular formula is C13H18N2S2. The van der Waals surface area contributed by atoms with Gasteiger partial charge in [0.05, 0.1) is 10.3 Å². The van der Waals surface area contributed by atoms with Crippen molar-refractivity contribution in [2.75, 3.05) is 0 Å². The predicted octanol–water partition coefficient (Wildman–Crippen LogP) is 4.93. The van der Waals surface area contributed by atoms with Crippen LogP contribution >= 0.6 is 24.4 Å². The number of hydrogen-bond donors (Lipinski definition) is 2. The number of nitrogens with one attached hydrogen (secondary N) is 2. The van der Waals surface area contributed by atoms with Gasteiger partial charge in [-0.15, -0.1) is 0 Å². The lowest BCUT2D eigenvalue weighted by atomic mass is 9.94. The van der Waals surface area contributed by atoms with E-state index >= 15 is 0 Å². The molecule has 0 atom stereocenters. The minimum Gasteiger partial charge on any atom is -0.248 e. The number of thiocarbonyl (C=S) groups is 2. The zero-order chi connectivity index (χ0) is 13.5. The molecular weight excluding hydrogens is 248 g/mol. The summed E-state index contributed by atoms with van der Waals surface area (Å²) in [5.74, 6) is 0.760. The molecule has 17 heavy (non-hydrogen) atoms. The van der Waals surface area contributed by atoms with Crippen LogP contribution in [0.25, 0.3) is 0 Å². The van der Waals surface area contributed by atoms with Gasteiger partial charge in [-0.05, 0) is 48.8 Å². The summed E-state index contributed by atoms with van der Waals surface area (Å²) in [7, 11) is 0. The highest BCUT2D eigenvalue weighted by Crippen LogP contribution is 2.21. The third-order valence-electron chi connectivity index (χ3n) is 2.26. The van der Waals surface area contributed by atoms with E-state index in [-0.39, 0.29) is 0 Å². The fourth-order valence-electron chi connectivity index (χ4n) is 1.49. The van der Waals surface area contributed by atoms with E-state index in [1.165, 1.54) is 18.4 Å². The fraction of sp³-hybridized carbons (Fsp3) is 0.385. The molecule has 0 aliphatic heterocycles. The van der Waals surface area contributed by atoms with Gasteiger partial charge in [0.25, 0.3) is 0 Å². The van der Waals surface area contributed by atoms with Crippen molar-refractivity contribution in [3.63, 3.8) is 0 Å². The molecule has 0 aromatic heterocycles. The first kappa shape index (κ1) is 18.2. The first-order chi connectivity index (χ1) is 8.21. The molecule has 0 saturated carbocycles. The molecule has 0 saturated heterocycles. The number of benzene rings is 1. The van der Waals surface area contributed by atoms with Gasteiger partial charge < -0.3 is 0 Å². The Morgan fingerprint density at radius 3 is 1.65 bits per heavy atom. The molecule has 0 bridgehead atoms. The van der Waals surface area contributed by atoms with Crippen LogP contribution in [0.3, 0.4) is 0 Å². The predicted molar refractivity (Wildman–Crippen MR) is 80.4 cm³/mol. The minimum atomic E-state index is 0.760. The molecule has 0 aliphatic carbocycles. The second-order valence-electron chi connectivity index (χ2n) is 3.13. The zero-order valence-electron chi connectivity index (χ0n) is 10.2. The highest BCUT2D eigenvalue weighted by atomic mass is 32.1. The fourth-order valence-corrected chi connectivity index (χ4v) is 1.49. The first-order valence-electron chi connectivity index (χ1n) is 5.34. The summed E-state index contributed by atoms with van der Waals surface area (Å²) in [4.78, 5) is 0. The smallest absolute Gasteiger partial charge is 0.0554 e. The van der Waals surface area contributed by atoms with Crippen LogP contribution in [0.5, 0.6) is 0 Å². The van der Waals surface area contributed by atoms with E-state index < -0.39 is 0 Å². The minimum absolute atomic E-state index is 0.760. The van der Waals surface area contributed by atoms with Gasteiger partial charge in [-0.2, -0.15) is 0 Å². The van der Waals surface area contributed by atoms with Gasteiger partial charge >= 0.3 is 0 Å². The van der Waals surface area contributed by atoms with Crippen molar-refractivity contribution in [3.05, 3.63) is 35.9 Å². The Kier molecular flexibility index (Phi) is 15.9. The maximum absolute atomic E-state index is 5.77. The molecule has 1 aromatic rings. The third-order valence-corrected chi connectivity index (χ3v) is 2.26. The standard InChI is InChI=1S/C11H16.2CHNS/c1-3-10(4-2)11-8-6-5-7-9-11;2*2-1-3/h5-10H,3-4H2,1-2H3;2*2H. The van der Waals surface area contributed by atoms with Crippen LogP contribution in [0, 0.1) is 10.8 Å². The quantitative estimate of drug-likeness (QED) is 0.602. The van der Waals surface area contributed by atoms with Gasteiger partial charge in [-0.1, -0.05) is 44.2 Å². The lowest BCUT2D eigenvalue weighted by Crippen LogP contribution is -1.93. The Balaban J connectivity index is 0. The molecule has 2 nitrogen and oxygen atoms in total. The van der Waals surface area contributed by atoms with Gasteiger partial charge in [0, 0.05) is 0 Å². The summed E-state index contributed by atoms with van der Waals surface area (Å²) in [6.45, 7) is 4.50. The van der Waals surface area contributed by atoms with E-state index in [0.717, 1.165) is 5.92 Å². The van der Waals surface area contributed by atoms with E-state index in [9.17, 15) is 0 Å². The van der Waals surface area contributed by atoms with Crippen molar-refractivity contribution in [2.45, 2.75) is 32.6 Å². The molecule has 1 aromatic carbocycles. The maximum Gasteiger partial charge on any atom is 0.0554 e. The Morgan fingerprint density at radius 2 is 1.35 bits per heavy atom. The number of rotatable bonds is 3. The summed E-state index contributed by atoms with van der Waals surface area (Å²) < 4.78 is 0. The Hall–Kier alpha value is -1.18. The Labute approximate surface area is 114 Å². The van der Waals surface area contributed by atoms with Crippen LogP contribution in [0.1, 0.15) is 38.2 Å². The molecule has 0 heterocycles. The normalized spacial score (nSPS) is 7.71. The maximum atomic E-state index is 5.77.